The lowest BCUT2D eigenvalue weighted by Gasteiger charge is -2.28. The van der Waals surface area contributed by atoms with Crippen LogP contribution < -0.4 is 11.1 Å². The first-order chi connectivity index (χ1) is 8.05. The van der Waals surface area contributed by atoms with Crippen LogP contribution in [-0.2, 0) is 11.3 Å². The lowest BCUT2D eigenvalue weighted by molar-refractivity contribution is -0.126. The molecule has 1 rings (SSSR count). The van der Waals surface area contributed by atoms with Crippen LogP contribution >= 0.6 is 0 Å². The number of nitrogen functional groups attached to an aromatic ring is 1. The summed E-state index contributed by atoms with van der Waals surface area (Å²) < 4.78 is 1.31. The molecule has 6 N–H and O–H groups in total. The van der Waals surface area contributed by atoms with Gasteiger partial charge in [0, 0.05) is 6.20 Å². The fourth-order valence-corrected chi connectivity index (χ4v) is 1.22. The van der Waals surface area contributed by atoms with Crippen LogP contribution in [0.2, 0.25) is 0 Å². The molecule has 96 valence electrons. The molecule has 0 radical (unpaired) electrons. The second-order valence-electron chi connectivity index (χ2n) is 3.77. The average Bonchev–Trinajstić information content (AvgIpc) is 2.72. The number of nitrogens with two attached hydrogens (primary N) is 1. The first-order valence-corrected chi connectivity index (χ1v) is 4.97. The molecule has 0 aliphatic heterocycles. The Morgan fingerprint density at radius 2 is 2.00 bits per heavy atom. The van der Waals surface area contributed by atoms with Crippen LogP contribution in [0.1, 0.15) is 0 Å². The van der Waals surface area contributed by atoms with Gasteiger partial charge in [-0.25, -0.2) is 0 Å². The molecule has 0 fully saturated rings. The molecule has 0 saturated heterocycles. The lowest BCUT2D eigenvalue weighted by Crippen LogP contribution is -2.57. The van der Waals surface area contributed by atoms with Gasteiger partial charge in [0.05, 0.1) is 31.7 Å². The summed E-state index contributed by atoms with van der Waals surface area (Å²) >= 11 is 0. The van der Waals surface area contributed by atoms with Gasteiger partial charge in [0.1, 0.15) is 12.1 Å². The number of anilines is 1. The SMILES string of the molecule is Nc1cnn(CC(=O)NC(CO)(CO)CO)c1. The molecule has 0 unspecified atom stereocenters. The highest BCUT2D eigenvalue weighted by molar-refractivity contribution is 5.76. The van der Waals surface area contributed by atoms with E-state index in [-0.39, 0.29) is 6.54 Å². The van der Waals surface area contributed by atoms with E-state index in [1.807, 2.05) is 0 Å². The van der Waals surface area contributed by atoms with E-state index < -0.39 is 31.3 Å². The monoisotopic (exact) mass is 244 g/mol. The third kappa shape index (κ3) is 3.41. The lowest BCUT2D eigenvalue weighted by atomic mass is 10.0. The molecule has 0 bridgehead atoms. The number of aromatic nitrogens is 2. The van der Waals surface area contributed by atoms with Crippen molar-refractivity contribution in [2.45, 2.75) is 12.1 Å². The Morgan fingerprint density at radius 3 is 2.41 bits per heavy atom. The molecule has 1 aromatic rings. The molecular weight excluding hydrogens is 228 g/mol. The van der Waals surface area contributed by atoms with Crippen molar-refractivity contribution in [3.05, 3.63) is 12.4 Å². The van der Waals surface area contributed by atoms with Gasteiger partial charge in [-0.1, -0.05) is 0 Å². The normalized spacial score (nSPS) is 11.5. The number of aliphatic hydroxyl groups is 3. The van der Waals surface area contributed by atoms with Gasteiger partial charge >= 0.3 is 0 Å². The Hall–Kier alpha value is -1.64. The number of rotatable bonds is 6. The zero-order valence-electron chi connectivity index (χ0n) is 9.20. The minimum Gasteiger partial charge on any atom is -0.396 e. The first kappa shape index (κ1) is 13.4. The largest absolute Gasteiger partial charge is 0.396 e. The van der Waals surface area contributed by atoms with Gasteiger partial charge in [0.15, 0.2) is 0 Å². The predicted octanol–water partition coefficient (Wildman–Crippen LogP) is -2.70. The Bertz CT molecular complexity index is 367. The Kier molecular flexibility index (Phi) is 4.44. The minimum atomic E-state index is -1.42. The van der Waals surface area contributed by atoms with Gasteiger partial charge < -0.3 is 26.4 Å². The van der Waals surface area contributed by atoms with E-state index >= 15 is 0 Å². The van der Waals surface area contributed by atoms with Crippen LogP contribution in [0.15, 0.2) is 12.4 Å². The van der Waals surface area contributed by atoms with Crippen LogP contribution in [0.25, 0.3) is 0 Å². The quantitative estimate of drug-likeness (QED) is 0.369. The number of carbonyl (C=O) groups is 1. The van der Waals surface area contributed by atoms with E-state index in [9.17, 15) is 4.79 Å². The summed E-state index contributed by atoms with van der Waals surface area (Å²) in [5.74, 6) is -0.495. The van der Waals surface area contributed by atoms with Crippen molar-refractivity contribution in [1.29, 1.82) is 0 Å². The fraction of sp³-hybridized carbons (Fsp3) is 0.556. The first-order valence-electron chi connectivity index (χ1n) is 4.97. The summed E-state index contributed by atoms with van der Waals surface area (Å²) in [5.41, 5.74) is 4.43. The standard InChI is InChI=1S/C9H16N4O4/c10-7-1-11-13(2-7)3-8(17)12-9(4-14,5-15)6-16/h1-2,14-16H,3-6,10H2,(H,12,17). The number of hydrogen-bond donors (Lipinski definition) is 5. The zero-order valence-corrected chi connectivity index (χ0v) is 9.20. The molecule has 1 aromatic heterocycles. The number of hydrogen-bond acceptors (Lipinski definition) is 6. The van der Waals surface area contributed by atoms with E-state index in [1.165, 1.54) is 17.1 Å². The van der Waals surface area contributed by atoms with Gasteiger partial charge in [-0.2, -0.15) is 5.10 Å². The summed E-state index contributed by atoms with van der Waals surface area (Å²) in [6, 6.07) is 0. The maximum atomic E-state index is 11.6. The highest BCUT2D eigenvalue weighted by atomic mass is 16.3. The second kappa shape index (κ2) is 5.62. The van der Waals surface area contributed by atoms with Crippen LogP contribution in [0, 0.1) is 0 Å². The van der Waals surface area contributed by atoms with Crippen molar-refractivity contribution in [2.75, 3.05) is 25.6 Å². The third-order valence-corrected chi connectivity index (χ3v) is 2.27. The smallest absolute Gasteiger partial charge is 0.242 e. The van der Waals surface area contributed by atoms with E-state index in [1.54, 1.807) is 0 Å². The average molecular weight is 244 g/mol. The topological polar surface area (TPSA) is 134 Å². The van der Waals surface area contributed by atoms with E-state index in [2.05, 4.69) is 10.4 Å². The molecule has 0 spiro atoms. The number of amides is 1. The van der Waals surface area contributed by atoms with Crippen LogP contribution in [0.5, 0.6) is 0 Å². The van der Waals surface area contributed by atoms with Gasteiger partial charge in [-0.3, -0.25) is 9.48 Å². The molecular formula is C9H16N4O4. The summed E-state index contributed by atoms with van der Waals surface area (Å²) in [5, 5.41) is 33.2. The molecule has 17 heavy (non-hydrogen) atoms. The second-order valence-corrected chi connectivity index (χ2v) is 3.77. The van der Waals surface area contributed by atoms with Gasteiger partial charge in [-0.15, -0.1) is 0 Å². The molecule has 8 heteroatoms. The van der Waals surface area contributed by atoms with Gasteiger partial charge in [0.25, 0.3) is 0 Å². The number of nitrogens with zero attached hydrogens (tertiary/aromatic N) is 2. The number of aliphatic hydroxyl groups excluding tert-OH is 3. The summed E-state index contributed by atoms with van der Waals surface area (Å²) in [4.78, 5) is 11.6. The number of nitrogens with one attached hydrogen (secondary N) is 1. The summed E-state index contributed by atoms with van der Waals surface area (Å²) in [6.07, 6.45) is 2.86. The number of carbonyl (C=O) groups excluding carboxylic acids is 1. The van der Waals surface area contributed by atoms with Crippen molar-refractivity contribution in [1.82, 2.24) is 15.1 Å². The van der Waals surface area contributed by atoms with Crippen LogP contribution in [0.4, 0.5) is 5.69 Å². The highest BCUT2D eigenvalue weighted by Crippen LogP contribution is 2.02. The summed E-state index contributed by atoms with van der Waals surface area (Å²) in [7, 11) is 0. The van der Waals surface area contributed by atoms with Crippen molar-refractivity contribution >= 4 is 11.6 Å². The zero-order chi connectivity index (χ0) is 12.9. The van der Waals surface area contributed by atoms with E-state index in [0.29, 0.717) is 5.69 Å². The molecule has 0 saturated carbocycles. The fourth-order valence-electron chi connectivity index (χ4n) is 1.22. The summed E-state index contributed by atoms with van der Waals surface area (Å²) in [6.45, 7) is -1.80. The Morgan fingerprint density at radius 1 is 1.41 bits per heavy atom. The Labute approximate surface area is 97.7 Å². The van der Waals surface area contributed by atoms with Gasteiger partial charge in [-0.05, 0) is 0 Å². The van der Waals surface area contributed by atoms with Crippen molar-refractivity contribution < 1.29 is 20.1 Å². The van der Waals surface area contributed by atoms with Crippen molar-refractivity contribution in [2.24, 2.45) is 0 Å². The molecule has 1 amide bonds. The molecule has 0 aliphatic carbocycles. The molecule has 0 atom stereocenters. The van der Waals surface area contributed by atoms with Gasteiger partial charge in [0.2, 0.25) is 5.91 Å². The predicted molar refractivity (Wildman–Crippen MR) is 58.8 cm³/mol. The minimum absolute atomic E-state index is 0.112. The highest BCUT2D eigenvalue weighted by Gasteiger charge is 2.29. The maximum Gasteiger partial charge on any atom is 0.242 e. The molecule has 0 aliphatic rings. The molecule has 1 heterocycles. The van der Waals surface area contributed by atoms with Crippen molar-refractivity contribution in [3.8, 4) is 0 Å². The van der Waals surface area contributed by atoms with E-state index in [4.69, 9.17) is 21.1 Å². The molecule has 8 nitrogen and oxygen atoms in total. The molecule has 0 aromatic carbocycles. The Balaban J connectivity index is 2.59. The van der Waals surface area contributed by atoms with Crippen molar-refractivity contribution in [3.63, 3.8) is 0 Å². The van der Waals surface area contributed by atoms with Crippen LogP contribution in [0.3, 0.4) is 0 Å². The maximum absolute atomic E-state index is 11.6. The van der Waals surface area contributed by atoms with Crippen LogP contribution in [-0.4, -0.2) is 56.4 Å². The third-order valence-electron chi connectivity index (χ3n) is 2.27. The van der Waals surface area contributed by atoms with E-state index in [0.717, 1.165) is 0 Å².